The summed E-state index contributed by atoms with van der Waals surface area (Å²) in [6.45, 7) is 1.57. The highest BCUT2D eigenvalue weighted by Gasteiger charge is 2.40. The van der Waals surface area contributed by atoms with Gasteiger partial charge < -0.3 is 10.6 Å². The lowest BCUT2D eigenvalue weighted by atomic mass is 9.81. The Morgan fingerprint density at radius 3 is 2.46 bits per heavy atom. The van der Waals surface area contributed by atoms with Crippen molar-refractivity contribution in [1.29, 1.82) is 0 Å². The van der Waals surface area contributed by atoms with Gasteiger partial charge in [-0.15, -0.1) is 0 Å². The van der Waals surface area contributed by atoms with E-state index in [1.165, 1.54) is 4.52 Å². The number of carbonyl (C=O) groups is 2. The maximum absolute atomic E-state index is 13.9. The molecule has 2 N–H and O–H groups in total. The minimum Gasteiger partial charge on any atom is -0.349 e. The SMILES string of the molecule is Cc1nonc1C(=O)N[C@H](c1cn2ncc(C(NC(=O)CCC(F)F)C3CC3)cc2n1)C1CCC(F)(F)CC1. The van der Waals surface area contributed by atoms with Gasteiger partial charge in [-0.3, -0.25) is 9.59 Å². The van der Waals surface area contributed by atoms with Gasteiger partial charge in [-0.05, 0) is 61.2 Å². The van der Waals surface area contributed by atoms with Crippen molar-refractivity contribution < 1.29 is 31.8 Å². The smallest absolute Gasteiger partial charge is 0.276 e. The van der Waals surface area contributed by atoms with E-state index in [9.17, 15) is 27.2 Å². The van der Waals surface area contributed by atoms with Crippen LogP contribution in [0, 0.1) is 18.8 Å². The van der Waals surface area contributed by atoms with Crippen molar-refractivity contribution in [2.75, 3.05) is 0 Å². The summed E-state index contributed by atoms with van der Waals surface area (Å²) in [6, 6.07) is 0.682. The van der Waals surface area contributed by atoms with Crippen LogP contribution in [0.25, 0.3) is 5.65 Å². The van der Waals surface area contributed by atoms with E-state index in [0.717, 1.165) is 12.8 Å². The Hall–Kier alpha value is -3.58. The van der Waals surface area contributed by atoms with E-state index in [2.05, 4.69) is 35.7 Å². The van der Waals surface area contributed by atoms with E-state index in [0.29, 0.717) is 22.6 Å². The number of halogens is 4. The molecular formula is C25H29F4N7O3. The van der Waals surface area contributed by atoms with Crippen LogP contribution in [-0.2, 0) is 4.79 Å². The second-order valence-corrected chi connectivity index (χ2v) is 10.4. The van der Waals surface area contributed by atoms with Crippen LogP contribution in [0.2, 0.25) is 0 Å². The molecule has 0 spiro atoms. The summed E-state index contributed by atoms with van der Waals surface area (Å²) in [5.74, 6) is -3.88. The van der Waals surface area contributed by atoms with E-state index < -0.39 is 36.6 Å². The zero-order valence-electron chi connectivity index (χ0n) is 21.2. The molecule has 3 aromatic rings. The Bertz CT molecular complexity index is 1330. The summed E-state index contributed by atoms with van der Waals surface area (Å²) < 4.78 is 59.0. The fourth-order valence-corrected chi connectivity index (χ4v) is 5.09. The molecular weight excluding hydrogens is 522 g/mol. The van der Waals surface area contributed by atoms with Gasteiger partial charge in [0, 0.05) is 25.7 Å². The molecule has 10 nitrogen and oxygen atoms in total. The van der Waals surface area contributed by atoms with Crippen molar-refractivity contribution in [3.8, 4) is 0 Å². The van der Waals surface area contributed by atoms with Gasteiger partial charge in [0.05, 0.1) is 30.2 Å². The second kappa shape index (κ2) is 10.9. The normalized spacial score (nSPS) is 19.2. The topological polar surface area (TPSA) is 127 Å². The van der Waals surface area contributed by atoms with Gasteiger partial charge in [-0.25, -0.2) is 31.7 Å². The van der Waals surface area contributed by atoms with Crippen molar-refractivity contribution in [2.24, 2.45) is 11.8 Å². The number of nitrogens with zero attached hydrogens (tertiary/aromatic N) is 5. The van der Waals surface area contributed by atoms with Gasteiger partial charge in [0.2, 0.25) is 18.3 Å². The van der Waals surface area contributed by atoms with Crippen molar-refractivity contribution in [3.63, 3.8) is 0 Å². The van der Waals surface area contributed by atoms with E-state index in [-0.39, 0.29) is 55.7 Å². The molecule has 2 atom stereocenters. The molecule has 3 heterocycles. The van der Waals surface area contributed by atoms with Crippen molar-refractivity contribution in [1.82, 2.24) is 35.5 Å². The lowest BCUT2D eigenvalue weighted by molar-refractivity contribution is -0.122. The largest absolute Gasteiger partial charge is 0.349 e. The molecule has 0 saturated heterocycles. The maximum Gasteiger partial charge on any atom is 0.276 e. The number of aromatic nitrogens is 5. The molecule has 0 bridgehead atoms. The minimum absolute atomic E-state index is 0.000160. The van der Waals surface area contributed by atoms with E-state index in [4.69, 9.17) is 0 Å². The molecule has 3 aromatic heterocycles. The number of carbonyl (C=O) groups excluding carboxylic acids is 2. The van der Waals surface area contributed by atoms with E-state index >= 15 is 0 Å². The monoisotopic (exact) mass is 551 g/mol. The van der Waals surface area contributed by atoms with Crippen molar-refractivity contribution in [2.45, 2.75) is 82.7 Å². The minimum atomic E-state index is -2.75. The van der Waals surface area contributed by atoms with Crippen LogP contribution in [0.1, 0.15) is 90.9 Å². The van der Waals surface area contributed by atoms with Crippen LogP contribution >= 0.6 is 0 Å². The first-order valence-electron chi connectivity index (χ1n) is 13.0. The fraction of sp³-hybridized carbons (Fsp3) is 0.600. The zero-order valence-corrected chi connectivity index (χ0v) is 21.2. The number of hydrogen-bond acceptors (Lipinski definition) is 7. The third-order valence-electron chi connectivity index (χ3n) is 7.42. The summed E-state index contributed by atoms with van der Waals surface area (Å²) in [6.07, 6.45) is 1.47. The lowest BCUT2D eigenvalue weighted by Crippen LogP contribution is -2.37. The maximum atomic E-state index is 13.9. The number of imidazole rings is 1. The molecule has 0 aromatic carbocycles. The van der Waals surface area contributed by atoms with Gasteiger partial charge >= 0.3 is 0 Å². The Labute approximate surface area is 220 Å². The van der Waals surface area contributed by atoms with Gasteiger partial charge in [0.25, 0.3) is 5.91 Å². The molecule has 2 saturated carbocycles. The van der Waals surface area contributed by atoms with Gasteiger partial charge in [-0.2, -0.15) is 5.10 Å². The second-order valence-electron chi connectivity index (χ2n) is 10.4. The first-order valence-corrected chi connectivity index (χ1v) is 13.0. The van der Waals surface area contributed by atoms with Crippen LogP contribution in [0.4, 0.5) is 17.6 Å². The number of alkyl halides is 4. The molecule has 210 valence electrons. The van der Waals surface area contributed by atoms with Crippen molar-refractivity contribution >= 4 is 17.5 Å². The predicted octanol–water partition coefficient (Wildman–Crippen LogP) is 4.33. The van der Waals surface area contributed by atoms with Crippen molar-refractivity contribution in [3.05, 3.63) is 41.1 Å². The number of aryl methyl sites for hydroxylation is 1. The first-order chi connectivity index (χ1) is 18.6. The predicted molar refractivity (Wildman–Crippen MR) is 128 cm³/mol. The standard InChI is InChI=1S/C25H29F4N7O3/c1-13-21(35-39-34-13)24(38)33-23(15-6-8-25(28,29)9-7-15)17-12-36-19(31-17)10-16(11-30-36)22(14-2-3-14)32-20(37)5-4-18(26)27/h10-12,14-15,18,22-23H,2-9H2,1H3,(H,32,37)(H,33,38)/t22?,23-/m0/s1. The van der Waals surface area contributed by atoms with Gasteiger partial charge in [-0.1, -0.05) is 5.16 Å². The molecule has 2 aliphatic carbocycles. The summed E-state index contributed by atoms with van der Waals surface area (Å²) >= 11 is 0. The van der Waals surface area contributed by atoms with E-state index in [1.54, 1.807) is 25.4 Å². The van der Waals surface area contributed by atoms with E-state index in [1.807, 2.05) is 0 Å². The Morgan fingerprint density at radius 2 is 1.82 bits per heavy atom. The molecule has 2 amide bonds. The molecule has 0 radical (unpaired) electrons. The van der Waals surface area contributed by atoms with Gasteiger partial charge in [0.15, 0.2) is 11.3 Å². The number of rotatable bonds is 10. The molecule has 5 rings (SSSR count). The summed E-state index contributed by atoms with van der Waals surface area (Å²) in [4.78, 5) is 29.9. The Morgan fingerprint density at radius 1 is 1.10 bits per heavy atom. The van der Waals surface area contributed by atoms with Crippen LogP contribution in [0.3, 0.4) is 0 Å². The quantitative estimate of drug-likeness (QED) is 0.359. The molecule has 0 aliphatic heterocycles. The number of fused-ring (bicyclic) bond motifs is 1. The zero-order chi connectivity index (χ0) is 27.7. The highest BCUT2D eigenvalue weighted by atomic mass is 19.3. The lowest BCUT2D eigenvalue weighted by Gasteiger charge is -2.33. The molecule has 14 heteroatoms. The molecule has 1 unspecified atom stereocenters. The summed E-state index contributed by atoms with van der Waals surface area (Å²) in [7, 11) is 0. The van der Waals surface area contributed by atoms with Crippen LogP contribution < -0.4 is 10.6 Å². The molecule has 39 heavy (non-hydrogen) atoms. The number of nitrogens with one attached hydrogen (secondary N) is 2. The molecule has 2 aliphatic rings. The third-order valence-corrected chi connectivity index (χ3v) is 7.42. The average Bonchev–Trinajstić information content (AvgIpc) is 3.50. The van der Waals surface area contributed by atoms with Crippen LogP contribution in [0.5, 0.6) is 0 Å². The fourth-order valence-electron chi connectivity index (χ4n) is 5.09. The average molecular weight is 552 g/mol. The van der Waals surface area contributed by atoms with Crippen LogP contribution in [-0.4, -0.2) is 49.1 Å². The first kappa shape index (κ1) is 27.0. The number of amides is 2. The summed E-state index contributed by atoms with van der Waals surface area (Å²) in [5, 5.41) is 17.4. The third kappa shape index (κ3) is 6.36. The van der Waals surface area contributed by atoms with Crippen LogP contribution in [0.15, 0.2) is 23.1 Å². The highest BCUT2D eigenvalue weighted by molar-refractivity contribution is 5.93. The summed E-state index contributed by atoms with van der Waals surface area (Å²) in [5.41, 5.74) is 1.87. The van der Waals surface area contributed by atoms with Gasteiger partial charge in [0.1, 0.15) is 5.69 Å². The Balaban J connectivity index is 1.40. The molecule has 2 fully saturated rings. The Kier molecular flexibility index (Phi) is 7.54. The number of hydrogen-bond donors (Lipinski definition) is 2. The highest BCUT2D eigenvalue weighted by Crippen LogP contribution is 2.42.